The number of benzene rings is 2. The number of carbonyl (C=O) groups is 2. The normalized spacial score (nSPS) is 16.7. The smallest absolute Gasteiger partial charge is 0.266 e. The van der Waals surface area contributed by atoms with Crippen LogP contribution < -0.4 is 15.1 Å². The standard InChI is InChI=1S/C19H20N2O4/c22-18-12-11-17(21(18)15-7-3-1-4-8-15)19(23)20-25-14-13-24-16-9-5-2-6-10-16/h1-10,17H,11-14H2,(H,20,23). The van der Waals surface area contributed by atoms with E-state index in [2.05, 4.69) is 5.48 Å². The van der Waals surface area contributed by atoms with Crippen LogP contribution in [0.4, 0.5) is 5.69 Å². The Balaban J connectivity index is 1.46. The summed E-state index contributed by atoms with van der Waals surface area (Å²) in [6.45, 7) is 0.531. The van der Waals surface area contributed by atoms with Crippen LogP contribution in [0.2, 0.25) is 0 Å². The van der Waals surface area contributed by atoms with E-state index >= 15 is 0 Å². The van der Waals surface area contributed by atoms with Crippen LogP contribution in [-0.4, -0.2) is 31.1 Å². The highest BCUT2D eigenvalue weighted by Gasteiger charge is 2.37. The van der Waals surface area contributed by atoms with Crippen LogP contribution in [0.25, 0.3) is 0 Å². The Hall–Kier alpha value is -2.86. The molecule has 1 atom stereocenters. The largest absolute Gasteiger partial charge is 0.491 e. The molecule has 0 spiro atoms. The Morgan fingerprint density at radius 3 is 2.44 bits per heavy atom. The number of hydroxylamine groups is 1. The number of nitrogens with zero attached hydrogens (tertiary/aromatic N) is 1. The fourth-order valence-electron chi connectivity index (χ4n) is 2.75. The minimum absolute atomic E-state index is 0.0567. The Morgan fingerprint density at radius 2 is 1.72 bits per heavy atom. The lowest BCUT2D eigenvalue weighted by Gasteiger charge is -2.23. The van der Waals surface area contributed by atoms with E-state index in [1.54, 1.807) is 0 Å². The van der Waals surface area contributed by atoms with Crippen molar-refractivity contribution in [2.24, 2.45) is 0 Å². The van der Waals surface area contributed by atoms with E-state index in [1.807, 2.05) is 60.7 Å². The van der Waals surface area contributed by atoms with Gasteiger partial charge in [0.2, 0.25) is 5.91 Å². The fourth-order valence-corrected chi connectivity index (χ4v) is 2.75. The summed E-state index contributed by atoms with van der Waals surface area (Å²) in [4.78, 5) is 31.2. The van der Waals surface area contributed by atoms with Gasteiger partial charge in [-0.05, 0) is 30.7 Å². The van der Waals surface area contributed by atoms with Gasteiger partial charge in [-0.3, -0.25) is 19.3 Å². The third-order valence-electron chi connectivity index (χ3n) is 3.92. The Labute approximate surface area is 146 Å². The SMILES string of the molecule is O=C(NOCCOc1ccccc1)C1CCC(=O)N1c1ccccc1. The minimum Gasteiger partial charge on any atom is -0.491 e. The monoisotopic (exact) mass is 340 g/mol. The number of ether oxygens (including phenoxy) is 1. The molecule has 0 aliphatic carbocycles. The molecule has 1 fully saturated rings. The van der Waals surface area contributed by atoms with Gasteiger partial charge in [-0.25, -0.2) is 5.48 Å². The molecule has 1 aliphatic heterocycles. The zero-order valence-corrected chi connectivity index (χ0v) is 13.8. The van der Waals surface area contributed by atoms with Crippen molar-refractivity contribution in [1.82, 2.24) is 5.48 Å². The predicted octanol–water partition coefficient (Wildman–Crippen LogP) is 2.31. The fraction of sp³-hybridized carbons (Fsp3) is 0.263. The molecule has 0 bridgehead atoms. The zero-order valence-electron chi connectivity index (χ0n) is 13.8. The van der Waals surface area contributed by atoms with Crippen molar-refractivity contribution < 1.29 is 19.2 Å². The molecule has 1 unspecified atom stereocenters. The molecule has 2 aromatic rings. The molecule has 0 saturated carbocycles. The predicted molar refractivity (Wildman–Crippen MR) is 93.0 cm³/mol. The van der Waals surface area contributed by atoms with Crippen LogP contribution in [0.1, 0.15) is 12.8 Å². The lowest BCUT2D eigenvalue weighted by molar-refractivity contribution is -0.135. The molecular weight excluding hydrogens is 320 g/mol. The number of hydrogen-bond acceptors (Lipinski definition) is 4. The molecule has 2 aromatic carbocycles. The van der Waals surface area contributed by atoms with Crippen LogP contribution >= 0.6 is 0 Å². The number of nitrogens with one attached hydrogen (secondary N) is 1. The van der Waals surface area contributed by atoms with Crippen molar-refractivity contribution in [3.63, 3.8) is 0 Å². The van der Waals surface area contributed by atoms with E-state index in [1.165, 1.54) is 4.90 Å². The quantitative estimate of drug-likeness (QED) is 0.620. The minimum atomic E-state index is -0.551. The van der Waals surface area contributed by atoms with Gasteiger partial charge in [-0.2, -0.15) is 0 Å². The summed E-state index contributed by atoms with van der Waals surface area (Å²) in [5, 5.41) is 0. The van der Waals surface area contributed by atoms with Crippen LogP contribution in [0, 0.1) is 0 Å². The molecule has 1 saturated heterocycles. The molecule has 2 amide bonds. The topological polar surface area (TPSA) is 67.9 Å². The molecule has 1 heterocycles. The lowest BCUT2D eigenvalue weighted by atomic mass is 10.2. The van der Waals surface area contributed by atoms with Gasteiger partial charge in [-0.15, -0.1) is 0 Å². The maximum Gasteiger partial charge on any atom is 0.266 e. The second kappa shape index (κ2) is 8.30. The second-order valence-electron chi connectivity index (χ2n) is 5.63. The van der Waals surface area contributed by atoms with E-state index in [0.717, 1.165) is 11.4 Å². The Morgan fingerprint density at radius 1 is 1.04 bits per heavy atom. The molecule has 1 aliphatic rings. The number of carbonyl (C=O) groups excluding carboxylic acids is 2. The van der Waals surface area contributed by atoms with Gasteiger partial charge >= 0.3 is 0 Å². The van der Waals surface area contributed by atoms with Crippen molar-refractivity contribution in [3.05, 3.63) is 60.7 Å². The lowest BCUT2D eigenvalue weighted by Crippen LogP contribution is -2.45. The van der Waals surface area contributed by atoms with Gasteiger partial charge in [0.15, 0.2) is 0 Å². The summed E-state index contributed by atoms with van der Waals surface area (Å²) in [5.74, 6) is 0.363. The van der Waals surface area contributed by atoms with Gasteiger partial charge in [-0.1, -0.05) is 36.4 Å². The van der Waals surface area contributed by atoms with Crippen LogP contribution in [0.15, 0.2) is 60.7 Å². The molecule has 6 heteroatoms. The molecule has 25 heavy (non-hydrogen) atoms. The van der Waals surface area contributed by atoms with Crippen LogP contribution in [0.3, 0.4) is 0 Å². The second-order valence-corrected chi connectivity index (χ2v) is 5.63. The molecule has 1 N–H and O–H groups in total. The van der Waals surface area contributed by atoms with Gasteiger partial charge in [0.25, 0.3) is 5.91 Å². The average molecular weight is 340 g/mol. The summed E-state index contributed by atoms with van der Waals surface area (Å²) in [5.41, 5.74) is 3.14. The maximum absolute atomic E-state index is 12.3. The van der Waals surface area contributed by atoms with Gasteiger partial charge in [0, 0.05) is 12.1 Å². The molecular formula is C19H20N2O4. The maximum atomic E-state index is 12.3. The summed E-state index contributed by atoms with van der Waals surface area (Å²) < 4.78 is 5.48. The van der Waals surface area contributed by atoms with Crippen LogP contribution in [-0.2, 0) is 14.4 Å². The van der Waals surface area contributed by atoms with Crippen molar-refractivity contribution in [2.45, 2.75) is 18.9 Å². The highest BCUT2D eigenvalue weighted by atomic mass is 16.7. The number of para-hydroxylation sites is 2. The van der Waals surface area contributed by atoms with E-state index in [-0.39, 0.29) is 18.4 Å². The Kier molecular flexibility index (Phi) is 5.64. The van der Waals surface area contributed by atoms with Crippen molar-refractivity contribution >= 4 is 17.5 Å². The summed E-state index contributed by atoms with van der Waals surface area (Å²) in [6, 6.07) is 18.0. The number of amides is 2. The summed E-state index contributed by atoms with van der Waals surface area (Å²) in [7, 11) is 0. The molecule has 130 valence electrons. The molecule has 0 radical (unpaired) electrons. The summed E-state index contributed by atoms with van der Waals surface area (Å²) in [6.07, 6.45) is 0.827. The number of hydrogen-bond donors (Lipinski definition) is 1. The van der Waals surface area contributed by atoms with E-state index < -0.39 is 6.04 Å². The zero-order chi connectivity index (χ0) is 17.5. The van der Waals surface area contributed by atoms with Crippen molar-refractivity contribution in [2.75, 3.05) is 18.1 Å². The van der Waals surface area contributed by atoms with Crippen molar-refractivity contribution in [1.29, 1.82) is 0 Å². The molecule has 3 rings (SSSR count). The van der Waals surface area contributed by atoms with Crippen LogP contribution in [0.5, 0.6) is 5.75 Å². The van der Waals surface area contributed by atoms with Gasteiger partial charge < -0.3 is 4.74 Å². The third kappa shape index (κ3) is 4.36. The molecule has 0 aromatic heterocycles. The van der Waals surface area contributed by atoms with Crippen molar-refractivity contribution in [3.8, 4) is 5.75 Å². The van der Waals surface area contributed by atoms with E-state index in [9.17, 15) is 9.59 Å². The highest BCUT2D eigenvalue weighted by Crippen LogP contribution is 2.26. The third-order valence-corrected chi connectivity index (χ3v) is 3.92. The first-order valence-corrected chi connectivity index (χ1v) is 8.22. The first-order valence-electron chi connectivity index (χ1n) is 8.22. The van der Waals surface area contributed by atoms with Gasteiger partial charge in [0.1, 0.15) is 25.0 Å². The first kappa shape index (κ1) is 17.0. The Bertz CT molecular complexity index is 706. The molecule has 6 nitrogen and oxygen atoms in total. The average Bonchev–Trinajstić information content (AvgIpc) is 3.04. The van der Waals surface area contributed by atoms with E-state index in [0.29, 0.717) is 19.4 Å². The van der Waals surface area contributed by atoms with Gasteiger partial charge in [0.05, 0.1) is 0 Å². The highest BCUT2D eigenvalue weighted by molar-refractivity contribution is 6.03. The summed E-state index contributed by atoms with van der Waals surface area (Å²) >= 11 is 0. The first-order chi connectivity index (χ1) is 12.3. The number of rotatable bonds is 7. The number of anilines is 1. The van der Waals surface area contributed by atoms with E-state index in [4.69, 9.17) is 9.57 Å².